The molecular formula is C20H14FN3O2. The summed E-state index contributed by atoms with van der Waals surface area (Å²) in [4.78, 5) is 8.63. The molecule has 0 amide bonds. The van der Waals surface area contributed by atoms with Crippen LogP contribution in [-0.2, 0) is 10.3 Å². The normalized spacial score (nSPS) is 20.0. The highest BCUT2D eigenvalue weighted by Gasteiger charge is 2.48. The van der Waals surface area contributed by atoms with Crippen LogP contribution in [0.1, 0.15) is 11.1 Å². The third-order valence-electron chi connectivity index (χ3n) is 4.74. The molecule has 0 saturated carbocycles. The zero-order valence-electron chi connectivity index (χ0n) is 13.6. The van der Waals surface area contributed by atoms with E-state index in [4.69, 9.17) is 15.2 Å². The summed E-state index contributed by atoms with van der Waals surface area (Å²) in [5, 5.41) is 0. The van der Waals surface area contributed by atoms with Crippen molar-refractivity contribution in [1.82, 2.24) is 4.98 Å². The lowest BCUT2D eigenvalue weighted by atomic mass is 9.78. The summed E-state index contributed by atoms with van der Waals surface area (Å²) in [5.74, 6) is 0.945. The van der Waals surface area contributed by atoms with E-state index in [9.17, 15) is 4.39 Å². The number of amidine groups is 1. The molecule has 1 aromatic heterocycles. The molecule has 0 fully saturated rings. The highest BCUT2D eigenvalue weighted by molar-refractivity contribution is 5.81. The van der Waals surface area contributed by atoms with Gasteiger partial charge in [0.25, 0.3) is 6.02 Å². The fourth-order valence-corrected chi connectivity index (χ4v) is 3.69. The number of aromatic nitrogens is 1. The van der Waals surface area contributed by atoms with Crippen LogP contribution in [0, 0.1) is 5.82 Å². The molecule has 5 nitrogen and oxygen atoms in total. The van der Waals surface area contributed by atoms with Crippen LogP contribution < -0.4 is 10.5 Å². The molecule has 2 aromatic carbocycles. The molecule has 0 radical (unpaired) electrons. The zero-order valence-corrected chi connectivity index (χ0v) is 13.6. The topological polar surface area (TPSA) is 69.7 Å². The molecule has 0 saturated heterocycles. The van der Waals surface area contributed by atoms with Gasteiger partial charge in [0.15, 0.2) is 5.54 Å². The number of ether oxygens (including phenoxy) is 2. The fraction of sp³-hybridized carbons (Fsp3) is 0.100. The Morgan fingerprint density at radius 2 is 1.88 bits per heavy atom. The van der Waals surface area contributed by atoms with Crippen molar-refractivity contribution in [3.05, 3.63) is 77.9 Å². The molecule has 0 bridgehead atoms. The Labute approximate surface area is 148 Å². The average molecular weight is 347 g/mol. The minimum Gasteiger partial charge on any atom is -0.462 e. The second-order valence-corrected chi connectivity index (χ2v) is 6.27. The van der Waals surface area contributed by atoms with Gasteiger partial charge in [0, 0.05) is 22.9 Å². The van der Waals surface area contributed by atoms with Crippen LogP contribution in [-0.4, -0.2) is 17.6 Å². The molecule has 5 rings (SSSR count). The number of halogens is 1. The number of hydrogen-bond acceptors (Lipinski definition) is 5. The van der Waals surface area contributed by atoms with Crippen molar-refractivity contribution in [2.24, 2.45) is 10.7 Å². The van der Waals surface area contributed by atoms with Gasteiger partial charge in [-0.25, -0.2) is 9.38 Å². The van der Waals surface area contributed by atoms with Gasteiger partial charge in [0.05, 0.1) is 6.20 Å². The Hall–Kier alpha value is -3.41. The first-order valence-electron chi connectivity index (χ1n) is 8.17. The first-order chi connectivity index (χ1) is 12.7. The van der Waals surface area contributed by atoms with Crippen molar-refractivity contribution in [2.45, 2.75) is 5.54 Å². The van der Waals surface area contributed by atoms with Gasteiger partial charge >= 0.3 is 0 Å². The molecule has 3 heterocycles. The van der Waals surface area contributed by atoms with Crippen molar-refractivity contribution in [2.75, 3.05) is 6.61 Å². The third kappa shape index (κ3) is 2.02. The van der Waals surface area contributed by atoms with Gasteiger partial charge in [-0.2, -0.15) is 0 Å². The molecule has 6 heteroatoms. The predicted molar refractivity (Wildman–Crippen MR) is 94.5 cm³/mol. The van der Waals surface area contributed by atoms with Crippen molar-refractivity contribution >= 4 is 6.02 Å². The smallest absolute Gasteiger partial charge is 0.283 e. The van der Waals surface area contributed by atoms with Crippen molar-refractivity contribution in [3.63, 3.8) is 0 Å². The second-order valence-electron chi connectivity index (χ2n) is 6.27. The molecule has 2 aliphatic heterocycles. The zero-order chi connectivity index (χ0) is 17.7. The van der Waals surface area contributed by atoms with Crippen LogP contribution in [0.2, 0.25) is 0 Å². The number of para-hydroxylation sites is 1. The number of hydrogen-bond donors (Lipinski definition) is 1. The van der Waals surface area contributed by atoms with Crippen molar-refractivity contribution in [3.8, 4) is 22.6 Å². The Bertz CT molecular complexity index is 1070. The summed E-state index contributed by atoms with van der Waals surface area (Å²) < 4.78 is 25.5. The van der Waals surface area contributed by atoms with Gasteiger partial charge < -0.3 is 15.2 Å². The summed E-state index contributed by atoms with van der Waals surface area (Å²) in [5.41, 5.74) is 8.14. The lowest BCUT2D eigenvalue weighted by Crippen LogP contribution is -2.31. The van der Waals surface area contributed by atoms with Crippen LogP contribution in [0.5, 0.6) is 11.5 Å². The largest absolute Gasteiger partial charge is 0.462 e. The maximum absolute atomic E-state index is 13.8. The van der Waals surface area contributed by atoms with E-state index in [1.807, 2.05) is 42.5 Å². The SMILES string of the molecule is NC1=NC2(CO1)c1ccccc1Oc1cccc(-c3cncc(F)c3)c12. The molecular weight excluding hydrogens is 333 g/mol. The molecule has 1 unspecified atom stereocenters. The van der Waals surface area contributed by atoms with Crippen LogP contribution in [0.4, 0.5) is 4.39 Å². The third-order valence-corrected chi connectivity index (χ3v) is 4.74. The Balaban J connectivity index is 1.84. The van der Waals surface area contributed by atoms with E-state index >= 15 is 0 Å². The fourth-order valence-electron chi connectivity index (χ4n) is 3.69. The summed E-state index contributed by atoms with van der Waals surface area (Å²) >= 11 is 0. The second kappa shape index (κ2) is 5.29. The minimum atomic E-state index is -0.836. The van der Waals surface area contributed by atoms with E-state index in [2.05, 4.69) is 9.98 Å². The van der Waals surface area contributed by atoms with Gasteiger partial charge in [-0.1, -0.05) is 30.3 Å². The number of rotatable bonds is 1. The number of fused-ring (bicyclic) bond motifs is 4. The van der Waals surface area contributed by atoms with E-state index in [1.165, 1.54) is 12.3 Å². The van der Waals surface area contributed by atoms with E-state index in [0.717, 1.165) is 16.7 Å². The molecule has 128 valence electrons. The van der Waals surface area contributed by atoms with E-state index in [0.29, 0.717) is 17.1 Å². The van der Waals surface area contributed by atoms with Gasteiger partial charge in [-0.15, -0.1) is 0 Å². The van der Waals surface area contributed by atoms with E-state index < -0.39 is 11.4 Å². The molecule has 2 aliphatic rings. The molecule has 3 aromatic rings. The number of nitrogens with two attached hydrogens (primary N) is 1. The van der Waals surface area contributed by atoms with E-state index in [1.54, 1.807) is 6.20 Å². The summed E-state index contributed by atoms with van der Waals surface area (Å²) in [7, 11) is 0. The molecule has 26 heavy (non-hydrogen) atoms. The monoisotopic (exact) mass is 347 g/mol. The van der Waals surface area contributed by atoms with Gasteiger partial charge in [-0.3, -0.25) is 4.98 Å². The van der Waals surface area contributed by atoms with Crippen LogP contribution in [0.25, 0.3) is 11.1 Å². The lowest BCUT2D eigenvalue weighted by Gasteiger charge is -2.35. The lowest BCUT2D eigenvalue weighted by molar-refractivity contribution is 0.265. The number of pyridine rings is 1. The standard InChI is InChI=1S/C20H14FN3O2/c21-13-8-12(9-23-10-13)14-4-3-7-17-18(14)20(11-25-19(22)24-20)15-5-1-2-6-16(15)26-17/h1-10H,11H2,(H2,22,24). The van der Waals surface area contributed by atoms with Crippen LogP contribution >= 0.6 is 0 Å². The number of nitrogens with zero attached hydrogens (tertiary/aromatic N) is 2. The highest BCUT2D eigenvalue weighted by atomic mass is 19.1. The Morgan fingerprint density at radius 3 is 2.69 bits per heavy atom. The first kappa shape index (κ1) is 14.9. The molecule has 0 aliphatic carbocycles. The Morgan fingerprint density at radius 1 is 1.04 bits per heavy atom. The average Bonchev–Trinajstić information content (AvgIpc) is 3.04. The van der Waals surface area contributed by atoms with Crippen molar-refractivity contribution < 1.29 is 13.9 Å². The predicted octanol–water partition coefficient (Wildman–Crippen LogP) is 3.58. The van der Waals surface area contributed by atoms with Gasteiger partial charge in [0.2, 0.25) is 0 Å². The molecule has 2 N–H and O–H groups in total. The molecule has 1 spiro atoms. The number of aliphatic imine (C=N–C) groups is 1. The van der Waals surface area contributed by atoms with Crippen LogP contribution in [0.15, 0.2) is 65.9 Å². The minimum absolute atomic E-state index is 0.125. The maximum atomic E-state index is 13.8. The molecule has 1 atom stereocenters. The quantitative estimate of drug-likeness (QED) is 0.730. The van der Waals surface area contributed by atoms with Gasteiger partial charge in [-0.05, 0) is 23.8 Å². The highest BCUT2D eigenvalue weighted by Crippen LogP contribution is 2.53. The number of benzene rings is 2. The van der Waals surface area contributed by atoms with Gasteiger partial charge in [0.1, 0.15) is 23.9 Å². The maximum Gasteiger partial charge on any atom is 0.283 e. The van der Waals surface area contributed by atoms with Crippen molar-refractivity contribution in [1.29, 1.82) is 0 Å². The first-order valence-corrected chi connectivity index (χ1v) is 8.17. The van der Waals surface area contributed by atoms with Crippen LogP contribution in [0.3, 0.4) is 0 Å². The van der Waals surface area contributed by atoms with E-state index in [-0.39, 0.29) is 12.6 Å². The summed E-state index contributed by atoms with van der Waals surface area (Å²) in [6.07, 6.45) is 2.80. The Kier molecular flexibility index (Phi) is 3.03. The summed E-state index contributed by atoms with van der Waals surface area (Å²) in [6.45, 7) is 0.256. The summed E-state index contributed by atoms with van der Waals surface area (Å²) in [6, 6.07) is 14.9.